The molecule has 0 saturated carbocycles. The van der Waals surface area contributed by atoms with Crippen molar-refractivity contribution in [3.05, 3.63) is 34.1 Å². The SMILES string of the molecule is NNC(=O)c1ccncc1[N+](=O)[O-]. The lowest BCUT2D eigenvalue weighted by atomic mass is 10.2. The second-order valence-electron chi connectivity index (χ2n) is 2.12. The molecule has 0 aliphatic rings. The zero-order valence-corrected chi connectivity index (χ0v) is 6.43. The number of carbonyl (C=O) groups excluding carboxylic acids is 1. The van der Waals surface area contributed by atoms with Gasteiger partial charge in [-0.2, -0.15) is 0 Å². The third kappa shape index (κ3) is 1.76. The molecule has 0 aliphatic heterocycles. The molecule has 1 amide bonds. The summed E-state index contributed by atoms with van der Waals surface area (Å²) in [6, 6.07) is 1.22. The zero-order valence-electron chi connectivity index (χ0n) is 6.43. The second-order valence-corrected chi connectivity index (χ2v) is 2.12. The fraction of sp³-hybridized carbons (Fsp3) is 0. The molecule has 0 atom stereocenters. The molecular formula is C6H6N4O3. The number of nitrogens with two attached hydrogens (primary N) is 1. The van der Waals surface area contributed by atoms with E-state index in [1.165, 1.54) is 12.3 Å². The Kier molecular flexibility index (Phi) is 2.50. The third-order valence-corrected chi connectivity index (χ3v) is 1.37. The highest BCUT2D eigenvalue weighted by molar-refractivity contribution is 5.97. The van der Waals surface area contributed by atoms with Crippen LogP contribution in [0, 0.1) is 10.1 Å². The van der Waals surface area contributed by atoms with Crippen LogP contribution in [0.4, 0.5) is 5.69 Å². The Balaban J connectivity index is 3.19. The summed E-state index contributed by atoms with van der Waals surface area (Å²) in [6.45, 7) is 0. The molecule has 0 bridgehead atoms. The van der Waals surface area contributed by atoms with E-state index < -0.39 is 10.8 Å². The van der Waals surface area contributed by atoms with E-state index in [4.69, 9.17) is 5.84 Å². The smallest absolute Gasteiger partial charge is 0.290 e. The van der Waals surface area contributed by atoms with Gasteiger partial charge in [0, 0.05) is 6.20 Å². The molecule has 0 saturated heterocycles. The van der Waals surface area contributed by atoms with Gasteiger partial charge in [-0.15, -0.1) is 0 Å². The third-order valence-electron chi connectivity index (χ3n) is 1.37. The number of nitrogen functional groups attached to an aromatic ring is 1. The summed E-state index contributed by atoms with van der Waals surface area (Å²) in [7, 11) is 0. The first-order valence-corrected chi connectivity index (χ1v) is 3.26. The zero-order chi connectivity index (χ0) is 9.84. The minimum Gasteiger partial charge on any atom is -0.290 e. The summed E-state index contributed by atoms with van der Waals surface area (Å²) >= 11 is 0. The molecule has 0 aromatic carbocycles. The average molecular weight is 182 g/mol. The van der Waals surface area contributed by atoms with Crippen molar-refractivity contribution in [2.75, 3.05) is 0 Å². The molecule has 0 radical (unpaired) electrons. The number of carbonyl (C=O) groups is 1. The van der Waals surface area contributed by atoms with Crippen LogP contribution in [0.15, 0.2) is 18.5 Å². The predicted octanol–water partition coefficient (Wildman–Crippen LogP) is -0.407. The van der Waals surface area contributed by atoms with Crippen LogP contribution in [-0.2, 0) is 0 Å². The van der Waals surface area contributed by atoms with Crippen LogP contribution in [0.3, 0.4) is 0 Å². The number of aromatic nitrogens is 1. The monoisotopic (exact) mass is 182 g/mol. The van der Waals surface area contributed by atoms with Gasteiger partial charge in [-0.1, -0.05) is 0 Å². The lowest BCUT2D eigenvalue weighted by Gasteiger charge is -1.98. The average Bonchev–Trinajstić information content (AvgIpc) is 2.16. The molecule has 7 nitrogen and oxygen atoms in total. The maximum atomic E-state index is 11.0. The topological polar surface area (TPSA) is 111 Å². The van der Waals surface area contributed by atoms with Crippen molar-refractivity contribution in [2.45, 2.75) is 0 Å². The largest absolute Gasteiger partial charge is 0.300 e. The lowest BCUT2D eigenvalue weighted by molar-refractivity contribution is -0.385. The first-order chi connectivity index (χ1) is 6.16. The summed E-state index contributed by atoms with van der Waals surface area (Å²) in [6.07, 6.45) is 2.27. The highest BCUT2D eigenvalue weighted by Gasteiger charge is 2.18. The van der Waals surface area contributed by atoms with Gasteiger partial charge >= 0.3 is 0 Å². The van der Waals surface area contributed by atoms with Crippen LogP contribution in [0.2, 0.25) is 0 Å². The Hall–Kier alpha value is -2.02. The molecule has 7 heteroatoms. The van der Waals surface area contributed by atoms with E-state index >= 15 is 0 Å². The van der Waals surface area contributed by atoms with Gasteiger partial charge in [0.1, 0.15) is 11.8 Å². The second kappa shape index (κ2) is 3.59. The van der Waals surface area contributed by atoms with Gasteiger partial charge in [0.25, 0.3) is 11.6 Å². The van der Waals surface area contributed by atoms with Gasteiger partial charge in [-0.05, 0) is 6.07 Å². The maximum absolute atomic E-state index is 11.0. The summed E-state index contributed by atoms with van der Waals surface area (Å²) in [5.41, 5.74) is 1.33. The Morgan fingerprint density at radius 1 is 1.69 bits per heavy atom. The van der Waals surface area contributed by atoms with Gasteiger partial charge in [0.15, 0.2) is 0 Å². The number of hydrogen-bond acceptors (Lipinski definition) is 5. The number of pyridine rings is 1. The number of rotatable bonds is 2. The predicted molar refractivity (Wildman–Crippen MR) is 42.5 cm³/mol. The quantitative estimate of drug-likeness (QED) is 0.279. The van der Waals surface area contributed by atoms with E-state index in [0.29, 0.717) is 0 Å². The molecule has 3 N–H and O–H groups in total. The van der Waals surface area contributed by atoms with E-state index in [-0.39, 0.29) is 11.3 Å². The Labute approximate surface area is 72.7 Å². The summed E-state index contributed by atoms with van der Waals surface area (Å²) < 4.78 is 0. The van der Waals surface area contributed by atoms with Crippen molar-refractivity contribution >= 4 is 11.6 Å². The molecule has 1 aromatic rings. The first-order valence-electron chi connectivity index (χ1n) is 3.26. The number of amides is 1. The number of hydrazine groups is 1. The number of nitrogens with zero attached hydrogens (tertiary/aromatic N) is 2. The molecule has 13 heavy (non-hydrogen) atoms. The van der Waals surface area contributed by atoms with Gasteiger partial charge < -0.3 is 0 Å². The van der Waals surface area contributed by atoms with E-state index in [0.717, 1.165) is 6.20 Å². The van der Waals surface area contributed by atoms with Crippen molar-refractivity contribution < 1.29 is 9.72 Å². The molecule has 1 heterocycles. The van der Waals surface area contributed by atoms with E-state index in [1.807, 2.05) is 0 Å². The van der Waals surface area contributed by atoms with Crippen molar-refractivity contribution in [2.24, 2.45) is 5.84 Å². The van der Waals surface area contributed by atoms with Gasteiger partial charge in [-0.3, -0.25) is 25.3 Å². The Morgan fingerprint density at radius 2 is 2.38 bits per heavy atom. The van der Waals surface area contributed by atoms with Crippen LogP contribution in [-0.4, -0.2) is 15.8 Å². The molecule has 0 aliphatic carbocycles. The van der Waals surface area contributed by atoms with Gasteiger partial charge in [0.2, 0.25) is 0 Å². The molecule has 1 aromatic heterocycles. The summed E-state index contributed by atoms with van der Waals surface area (Å²) in [5, 5.41) is 10.4. The van der Waals surface area contributed by atoms with E-state index in [2.05, 4.69) is 4.98 Å². The number of nitro groups is 1. The van der Waals surface area contributed by atoms with Gasteiger partial charge in [0.05, 0.1) is 4.92 Å². The standard InChI is InChI=1S/C6H6N4O3/c7-9-6(11)4-1-2-8-3-5(4)10(12)13/h1-3H,7H2,(H,9,11). The maximum Gasteiger partial charge on any atom is 0.300 e. The van der Waals surface area contributed by atoms with E-state index in [1.54, 1.807) is 5.43 Å². The van der Waals surface area contributed by atoms with Crippen LogP contribution >= 0.6 is 0 Å². The van der Waals surface area contributed by atoms with E-state index in [9.17, 15) is 14.9 Å². The van der Waals surface area contributed by atoms with Crippen molar-refractivity contribution in [1.29, 1.82) is 0 Å². The van der Waals surface area contributed by atoms with Crippen LogP contribution in [0.1, 0.15) is 10.4 Å². The van der Waals surface area contributed by atoms with Gasteiger partial charge in [-0.25, -0.2) is 5.84 Å². The van der Waals surface area contributed by atoms with Crippen LogP contribution < -0.4 is 11.3 Å². The summed E-state index contributed by atoms with van der Waals surface area (Å²) in [4.78, 5) is 24.2. The number of nitrogens with one attached hydrogen (secondary N) is 1. The molecule has 0 fully saturated rings. The van der Waals surface area contributed by atoms with Crippen LogP contribution in [0.5, 0.6) is 0 Å². The molecule has 0 unspecified atom stereocenters. The highest BCUT2D eigenvalue weighted by Crippen LogP contribution is 2.14. The minimum absolute atomic E-state index is 0.109. The number of hydrogen-bond donors (Lipinski definition) is 2. The van der Waals surface area contributed by atoms with Crippen LogP contribution in [0.25, 0.3) is 0 Å². The highest BCUT2D eigenvalue weighted by atomic mass is 16.6. The normalized spacial score (nSPS) is 9.31. The molecule has 1 rings (SSSR count). The first kappa shape index (κ1) is 9.07. The lowest BCUT2D eigenvalue weighted by Crippen LogP contribution is -2.30. The van der Waals surface area contributed by atoms with Crippen molar-refractivity contribution in [3.63, 3.8) is 0 Å². The summed E-state index contributed by atoms with van der Waals surface area (Å²) in [5.74, 6) is 4.12. The molecular weight excluding hydrogens is 176 g/mol. The van der Waals surface area contributed by atoms with Crippen molar-refractivity contribution in [1.82, 2.24) is 10.4 Å². The fourth-order valence-electron chi connectivity index (χ4n) is 0.801. The molecule has 0 spiro atoms. The fourth-order valence-corrected chi connectivity index (χ4v) is 0.801. The Morgan fingerprint density at radius 3 is 2.92 bits per heavy atom. The van der Waals surface area contributed by atoms with Crippen molar-refractivity contribution in [3.8, 4) is 0 Å². The Bertz CT molecular complexity index is 351. The minimum atomic E-state index is -0.714. The molecule has 68 valence electrons.